The lowest BCUT2D eigenvalue weighted by Crippen LogP contribution is -2.58. The van der Waals surface area contributed by atoms with E-state index in [1.54, 1.807) is 0 Å². The van der Waals surface area contributed by atoms with E-state index in [0.29, 0.717) is 11.6 Å². The second-order valence-electron chi connectivity index (χ2n) is 5.18. The van der Waals surface area contributed by atoms with Crippen LogP contribution in [0.1, 0.15) is 32.6 Å². The Labute approximate surface area is 109 Å². The summed E-state index contributed by atoms with van der Waals surface area (Å²) >= 11 is 2.08. The van der Waals surface area contributed by atoms with Gasteiger partial charge in [-0.1, -0.05) is 0 Å². The summed E-state index contributed by atoms with van der Waals surface area (Å²) in [5, 5.41) is 0. The van der Waals surface area contributed by atoms with Gasteiger partial charge in [0, 0.05) is 31.8 Å². The summed E-state index contributed by atoms with van der Waals surface area (Å²) in [7, 11) is 0. The SMILES string of the molecule is CCOC1CCN(C2(CN)CCSCC2)CC1. The lowest BCUT2D eigenvalue weighted by atomic mass is 9.87. The van der Waals surface area contributed by atoms with E-state index in [1.807, 2.05) is 0 Å². The van der Waals surface area contributed by atoms with E-state index in [0.717, 1.165) is 13.2 Å². The minimum atomic E-state index is 0.308. The highest BCUT2D eigenvalue weighted by Crippen LogP contribution is 2.34. The van der Waals surface area contributed by atoms with Crippen LogP contribution < -0.4 is 5.73 Å². The molecule has 0 atom stereocenters. The molecule has 2 aliphatic rings. The topological polar surface area (TPSA) is 38.5 Å². The van der Waals surface area contributed by atoms with E-state index in [4.69, 9.17) is 10.5 Å². The number of hydrogen-bond donors (Lipinski definition) is 1. The van der Waals surface area contributed by atoms with E-state index >= 15 is 0 Å². The molecule has 4 heteroatoms. The number of ether oxygens (including phenoxy) is 1. The maximum absolute atomic E-state index is 6.08. The monoisotopic (exact) mass is 258 g/mol. The third-order valence-electron chi connectivity index (χ3n) is 4.32. The van der Waals surface area contributed by atoms with Crippen molar-refractivity contribution < 1.29 is 4.74 Å². The lowest BCUT2D eigenvalue weighted by Gasteiger charge is -2.48. The molecule has 0 radical (unpaired) electrons. The van der Waals surface area contributed by atoms with E-state index in [2.05, 4.69) is 23.6 Å². The van der Waals surface area contributed by atoms with Gasteiger partial charge in [-0.25, -0.2) is 0 Å². The molecule has 100 valence electrons. The number of nitrogens with two attached hydrogens (primary N) is 1. The van der Waals surface area contributed by atoms with Crippen LogP contribution in [-0.2, 0) is 4.74 Å². The van der Waals surface area contributed by atoms with Gasteiger partial charge in [0.15, 0.2) is 0 Å². The number of nitrogens with zero attached hydrogens (tertiary/aromatic N) is 1. The standard InChI is InChI=1S/C13H26N2OS/c1-2-16-12-3-7-15(8-4-12)13(11-14)5-9-17-10-6-13/h12H,2-11,14H2,1H3. The average molecular weight is 258 g/mol. The summed E-state index contributed by atoms with van der Waals surface area (Å²) in [6.07, 6.45) is 5.40. The fourth-order valence-electron chi connectivity index (χ4n) is 3.13. The number of thioether (sulfide) groups is 1. The van der Waals surface area contributed by atoms with Crippen LogP contribution in [0.4, 0.5) is 0 Å². The maximum Gasteiger partial charge on any atom is 0.0599 e. The molecule has 0 saturated carbocycles. The van der Waals surface area contributed by atoms with Gasteiger partial charge in [-0.15, -0.1) is 0 Å². The zero-order chi connectivity index (χ0) is 12.1. The molecule has 0 aromatic heterocycles. The molecule has 2 saturated heterocycles. The number of piperidine rings is 1. The quantitative estimate of drug-likeness (QED) is 0.833. The van der Waals surface area contributed by atoms with Crippen molar-refractivity contribution in [3.05, 3.63) is 0 Å². The molecule has 2 rings (SSSR count). The molecule has 0 amide bonds. The average Bonchev–Trinajstić information content (AvgIpc) is 2.41. The molecule has 0 bridgehead atoms. The van der Waals surface area contributed by atoms with Crippen LogP contribution in [0, 0.1) is 0 Å². The number of rotatable bonds is 4. The Morgan fingerprint density at radius 1 is 1.29 bits per heavy atom. The second-order valence-corrected chi connectivity index (χ2v) is 6.41. The highest BCUT2D eigenvalue weighted by atomic mass is 32.2. The van der Waals surface area contributed by atoms with Crippen LogP contribution >= 0.6 is 11.8 Å². The Kier molecular flexibility index (Phi) is 5.15. The molecule has 17 heavy (non-hydrogen) atoms. The van der Waals surface area contributed by atoms with Crippen molar-refractivity contribution in [3.63, 3.8) is 0 Å². The van der Waals surface area contributed by atoms with Crippen molar-refractivity contribution in [1.29, 1.82) is 0 Å². The van der Waals surface area contributed by atoms with E-state index in [1.165, 1.54) is 50.3 Å². The van der Waals surface area contributed by atoms with Gasteiger partial charge < -0.3 is 10.5 Å². The molecule has 0 unspecified atom stereocenters. The minimum absolute atomic E-state index is 0.308. The Morgan fingerprint density at radius 3 is 2.47 bits per heavy atom. The van der Waals surface area contributed by atoms with Crippen LogP contribution in [0.3, 0.4) is 0 Å². The Balaban J connectivity index is 1.89. The summed E-state index contributed by atoms with van der Waals surface area (Å²) < 4.78 is 5.72. The van der Waals surface area contributed by atoms with E-state index in [-0.39, 0.29) is 0 Å². The largest absolute Gasteiger partial charge is 0.378 e. The molecule has 2 N–H and O–H groups in total. The molecule has 2 aliphatic heterocycles. The molecule has 3 nitrogen and oxygen atoms in total. The summed E-state index contributed by atoms with van der Waals surface area (Å²) in [5.74, 6) is 2.56. The fraction of sp³-hybridized carbons (Fsp3) is 1.00. The zero-order valence-electron chi connectivity index (χ0n) is 11.0. The van der Waals surface area contributed by atoms with Crippen LogP contribution in [0.15, 0.2) is 0 Å². The highest BCUT2D eigenvalue weighted by molar-refractivity contribution is 7.99. The molecular formula is C13H26N2OS. The van der Waals surface area contributed by atoms with Gasteiger partial charge in [-0.2, -0.15) is 11.8 Å². The van der Waals surface area contributed by atoms with E-state index in [9.17, 15) is 0 Å². The van der Waals surface area contributed by atoms with Crippen molar-refractivity contribution in [2.75, 3.05) is 37.7 Å². The Hall–Kier alpha value is 0.230. The first-order valence-electron chi connectivity index (χ1n) is 6.95. The minimum Gasteiger partial charge on any atom is -0.378 e. The van der Waals surface area contributed by atoms with Crippen molar-refractivity contribution in [2.24, 2.45) is 5.73 Å². The van der Waals surface area contributed by atoms with Gasteiger partial charge in [-0.3, -0.25) is 4.90 Å². The maximum atomic E-state index is 6.08. The molecule has 2 fully saturated rings. The van der Waals surface area contributed by atoms with Gasteiger partial charge in [0.05, 0.1) is 6.10 Å². The summed E-state index contributed by atoms with van der Waals surface area (Å²) in [4.78, 5) is 2.66. The lowest BCUT2D eigenvalue weighted by molar-refractivity contribution is -0.0206. The van der Waals surface area contributed by atoms with Gasteiger partial charge in [0.1, 0.15) is 0 Å². The molecule has 0 spiro atoms. The summed E-state index contributed by atoms with van der Waals surface area (Å²) in [6, 6.07) is 0. The molecule has 0 aliphatic carbocycles. The van der Waals surface area contributed by atoms with Crippen LogP contribution in [0.2, 0.25) is 0 Å². The Morgan fingerprint density at radius 2 is 1.94 bits per heavy atom. The van der Waals surface area contributed by atoms with Crippen molar-refractivity contribution >= 4 is 11.8 Å². The third-order valence-corrected chi connectivity index (χ3v) is 5.30. The normalized spacial score (nSPS) is 27.2. The molecule has 0 aromatic rings. The van der Waals surface area contributed by atoms with Gasteiger partial charge in [0.25, 0.3) is 0 Å². The number of hydrogen-bond acceptors (Lipinski definition) is 4. The van der Waals surface area contributed by atoms with Crippen molar-refractivity contribution in [1.82, 2.24) is 4.90 Å². The van der Waals surface area contributed by atoms with Crippen molar-refractivity contribution in [2.45, 2.75) is 44.2 Å². The van der Waals surface area contributed by atoms with Gasteiger partial charge >= 0.3 is 0 Å². The number of likely N-dealkylation sites (tertiary alicyclic amines) is 1. The highest BCUT2D eigenvalue weighted by Gasteiger charge is 2.38. The second kappa shape index (κ2) is 6.41. The van der Waals surface area contributed by atoms with Crippen LogP contribution in [-0.4, -0.2) is 54.3 Å². The van der Waals surface area contributed by atoms with E-state index < -0.39 is 0 Å². The molecule has 2 heterocycles. The first kappa shape index (κ1) is 13.7. The summed E-state index contributed by atoms with van der Waals surface area (Å²) in [5.41, 5.74) is 6.39. The zero-order valence-corrected chi connectivity index (χ0v) is 11.8. The Bertz CT molecular complexity index is 223. The predicted octanol–water partition coefficient (Wildman–Crippen LogP) is 1.71. The third kappa shape index (κ3) is 3.16. The molecular weight excluding hydrogens is 232 g/mol. The van der Waals surface area contributed by atoms with Crippen LogP contribution in [0.5, 0.6) is 0 Å². The molecule has 0 aromatic carbocycles. The van der Waals surface area contributed by atoms with Gasteiger partial charge in [-0.05, 0) is 44.1 Å². The first-order valence-corrected chi connectivity index (χ1v) is 8.11. The van der Waals surface area contributed by atoms with Crippen molar-refractivity contribution in [3.8, 4) is 0 Å². The van der Waals surface area contributed by atoms with Gasteiger partial charge in [0.2, 0.25) is 0 Å². The predicted molar refractivity (Wildman–Crippen MR) is 74.6 cm³/mol. The van der Waals surface area contributed by atoms with Crippen LogP contribution in [0.25, 0.3) is 0 Å². The summed E-state index contributed by atoms with van der Waals surface area (Å²) in [6.45, 7) is 6.11. The first-order chi connectivity index (χ1) is 8.30. The smallest absolute Gasteiger partial charge is 0.0599 e. The fourth-order valence-corrected chi connectivity index (χ4v) is 4.39.